The molecule has 0 radical (unpaired) electrons. The maximum Gasteiger partial charge on any atom is 0.586 e. The molecule has 0 aliphatic carbocycles. The summed E-state index contributed by atoms with van der Waals surface area (Å²) < 4.78 is 36.6. The van der Waals surface area contributed by atoms with Crippen molar-refractivity contribution in [2.45, 2.75) is 19.8 Å². The number of likely N-dealkylation sites (N-methyl/N-ethyl adjacent to an activating group) is 1. The van der Waals surface area contributed by atoms with Crippen LogP contribution in [0, 0.1) is 0 Å². The van der Waals surface area contributed by atoms with Crippen LogP contribution < -0.4 is 19.9 Å². The fourth-order valence-electron chi connectivity index (χ4n) is 3.76. The summed E-state index contributed by atoms with van der Waals surface area (Å²) in [4.78, 5) is 27.4. The molecule has 34 heavy (non-hydrogen) atoms. The molecule has 2 aromatic heterocycles. The highest BCUT2D eigenvalue weighted by molar-refractivity contribution is 6.30. The van der Waals surface area contributed by atoms with E-state index in [1.165, 1.54) is 29.3 Å². The second-order valence-corrected chi connectivity index (χ2v) is 7.85. The minimum atomic E-state index is -3.77. The predicted molar refractivity (Wildman–Crippen MR) is 119 cm³/mol. The van der Waals surface area contributed by atoms with E-state index in [9.17, 15) is 18.4 Å². The molecule has 4 aromatic rings. The molecule has 1 N–H and O–H groups in total. The molecule has 0 unspecified atom stereocenters. The number of hydrogen-bond acceptors (Lipinski definition) is 6. The number of nitrogens with zero attached hydrogens (tertiary/aromatic N) is 4. The van der Waals surface area contributed by atoms with Gasteiger partial charge in [0.25, 0.3) is 5.56 Å². The highest BCUT2D eigenvalue weighted by Crippen LogP contribution is 2.42. The number of hydrogen-bond donors (Lipinski definition) is 1. The minimum absolute atomic E-state index is 0.133. The van der Waals surface area contributed by atoms with Gasteiger partial charge < -0.3 is 14.4 Å². The number of anilines is 1. The summed E-state index contributed by atoms with van der Waals surface area (Å²) in [5.74, 6) is -0.809. The summed E-state index contributed by atoms with van der Waals surface area (Å²) in [5, 5.41) is 12.0. The number of aromatic nitrogens is 4. The first kappa shape index (κ1) is 21.8. The second kappa shape index (κ2) is 8.10. The van der Waals surface area contributed by atoms with Gasteiger partial charge in [0.2, 0.25) is 5.91 Å². The maximum absolute atomic E-state index is 13.4. The normalized spacial score (nSPS) is 13.9. The van der Waals surface area contributed by atoms with Crippen LogP contribution in [-0.2, 0) is 11.3 Å². The van der Waals surface area contributed by atoms with E-state index in [1.54, 1.807) is 31.2 Å². The van der Waals surface area contributed by atoms with E-state index < -0.39 is 24.3 Å². The number of H-pyrrole nitrogens is 1. The van der Waals surface area contributed by atoms with Gasteiger partial charge in [-0.1, -0.05) is 23.7 Å². The SMILES string of the molecule is CCN(C(=O)Cn1nc(-c2cccc(Cl)c2)c2cn[nH]c2c1=O)c1ccc2c(c1)OC(F)(F)O2. The van der Waals surface area contributed by atoms with Gasteiger partial charge in [-0.05, 0) is 31.2 Å². The highest BCUT2D eigenvalue weighted by atomic mass is 35.5. The Balaban J connectivity index is 1.50. The number of carbonyl (C=O) groups excluding carboxylic acids is 1. The summed E-state index contributed by atoms with van der Waals surface area (Å²) >= 11 is 6.11. The van der Waals surface area contributed by atoms with Crippen LogP contribution in [-0.4, -0.2) is 38.7 Å². The smallest absolute Gasteiger partial charge is 0.395 e. The minimum Gasteiger partial charge on any atom is -0.395 e. The Kier molecular flexibility index (Phi) is 5.20. The molecule has 12 heteroatoms. The van der Waals surface area contributed by atoms with Gasteiger partial charge in [0.05, 0.1) is 11.6 Å². The largest absolute Gasteiger partial charge is 0.586 e. The third-order valence-corrected chi connectivity index (χ3v) is 5.50. The summed E-state index contributed by atoms with van der Waals surface area (Å²) in [6, 6.07) is 10.9. The van der Waals surface area contributed by atoms with Crippen molar-refractivity contribution in [3.63, 3.8) is 0 Å². The number of alkyl halides is 2. The zero-order valence-electron chi connectivity index (χ0n) is 17.6. The molecule has 1 aliphatic heterocycles. The molecule has 0 atom stereocenters. The Morgan fingerprint density at radius 2 is 2.00 bits per heavy atom. The second-order valence-electron chi connectivity index (χ2n) is 7.42. The van der Waals surface area contributed by atoms with Gasteiger partial charge in [0.15, 0.2) is 11.5 Å². The van der Waals surface area contributed by atoms with Crippen LogP contribution in [0.1, 0.15) is 6.92 Å². The Morgan fingerprint density at radius 1 is 1.21 bits per heavy atom. The van der Waals surface area contributed by atoms with Crippen LogP contribution in [0.5, 0.6) is 11.5 Å². The van der Waals surface area contributed by atoms with Crippen molar-refractivity contribution in [3.8, 4) is 22.8 Å². The highest BCUT2D eigenvalue weighted by Gasteiger charge is 2.43. The van der Waals surface area contributed by atoms with Gasteiger partial charge >= 0.3 is 6.29 Å². The lowest BCUT2D eigenvalue weighted by Gasteiger charge is -2.21. The van der Waals surface area contributed by atoms with Crippen molar-refractivity contribution >= 4 is 34.1 Å². The first-order chi connectivity index (χ1) is 16.3. The first-order valence-corrected chi connectivity index (χ1v) is 10.5. The number of carbonyl (C=O) groups is 1. The van der Waals surface area contributed by atoms with Crippen LogP contribution in [0.25, 0.3) is 22.2 Å². The van der Waals surface area contributed by atoms with Crippen molar-refractivity contribution in [1.82, 2.24) is 20.0 Å². The molecular weight excluding hydrogens is 472 g/mol. The molecule has 174 valence electrons. The lowest BCUT2D eigenvalue weighted by atomic mass is 10.1. The van der Waals surface area contributed by atoms with E-state index in [0.717, 1.165) is 4.68 Å². The Morgan fingerprint density at radius 3 is 2.76 bits per heavy atom. The molecule has 0 saturated heterocycles. The number of aromatic amines is 1. The summed E-state index contributed by atoms with van der Waals surface area (Å²) in [5.41, 5.74) is 1.02. The fourth-order valence-corrected chi connectivity index (χ4v) is 3.95. The van der Waals surface area contributed by atoms with E-state index in [0.29, 0.717) is 27.4 Å². The number of amides is 1. The van der Waals surface area contributed by atoms with Crippen molar-refractivity contribution < 1.29 is 23.0 Å². The molecule has 0 bridgehead atoms. The Labute approximate surface area is 195 Å². The van der Waals surface area contributed by atoms with Gasteiger partial charge in [-0.25, -0.2) is 4.68 Å². The summed E-state index contributed by atoms with van der Waals surface area (Å²) in [6.45, 7) is 1.51. The lowest BCUT2D eigenvalue weighted by Crippen LogP contribution is -2.37. The first-order valence-electron chi connectivity index (χ1n) is 10.2. The third-order valence-electron chi connectivity index (χ3n) is 5.26. The van der Waals surface area contributed by atoms with E-state index in [1.807, 2.05) is 0 Å². The van der Waals surface area contributed by atoms with Crippen LogP contribution in [0.4, 0.5) is 14.5 Å². The van der Waals surface area contributed by atoms with Crippen LogP contribution in [0.15, 0.2) is 53.5 Å². The molecular formula is C22H16ClF2N5O4. The molecule has 2 aromatic carbocycles. The lowest BCUT2D eigenvalue weighted by molar-refractivity contribution is -0.286. The van der Waals surface area contributed by atoms with Crippen molar-refractivity contribution in [2.24, 2.45) is 0 Å². The number of benzene rings is 2. The Hall–Kier alpha value is -3.99. The van der Waals surface area contributed by atoms with Gasteiger partial charge in [-0.3, -0.25) is 14.7 Å². The van der Waals surface area contributed by atoms with Gasteiger partial charge in [0.1, 0.15) is 17.8 Å². The molecule has 1 aliphatic rings. The van der Waals surface area contributed by atoms with Gasteiger partial charge in [-0.15, -0.1) is 8.78 Å². The van der Waals surface area contributed by atoms with E-state index in [2.05, 4.69) is 24.8 Å². The zero-order chi connectivity index (χ0) is 24.0. The van der Waals surface area contributed by atoms with Gasteiger partial charge in [-0.2, -0.15) is 10.2 Å². The van der Waals surface area contributed by atoms with Crippen molar-refractivity contribution in [3.05, 3.63) is 64.0 Å². The van der Waals surface area contributed by atoms with Crippen LogP contribution in [0.3, 0.4) is 0 Å². The average molecular weight is 488 g/mol. The average Bonchev–Trinajstić information content (AvgIpc) is 3.39. The fraction of sp³-hybridized carbons (Fsp3) is 0.182. The summed E-state index contributed by atoms with van der Waals surface area (Å²) in [6.07, 6.45) is -2.29. The molecule has 3 heterocycles. The molecule has 5 rings (SSSR count). The third kappa shape index (κ3) is 3.83. The Bertz CT molecular complexity index is 1490. The van der Waals surface area contributed by atoms with E-state index in [4.69, 9.17) is 11.6 Å². The van der Waals surface area contributed by atoms with E-state index in [-0.39, 0.29) is 23.6 Å². The topological polar surface area (TPSA) is 102 Å². The molecule has 9 nitrogen and oxygen atoms in total. The number of ether oxygens (including phenoxy) is 2. The molecule has 0 fully saturated rings. The molecule has 0 spiro atoms. The molecule has 1 amide bonds. The number of halogens is 3. The van der Waals surface area contributed by atoms with Crippen molar-refractivity contribution in [2.75, 3.05) is 11.4 Å². The van der Waals surface area contributed by atoms with Gasteiger partial charge in [0, 0.05) is 28.9 Å². The number of fused-ring (bicyclic) bond motifs is 2. The summed E-state index contributed by atoms with van der Waals surface area (Å²) in [7, 11) is 0. The maximum atomic E-state index is 13.4. The number of rotatable bonds is 5. The molecule has 0 saturated carbocycles. The van der Waals surface area contributed by atoms with Crippen LogP contribution >= 0.6 is 11.6 Å². The zero-order valence-corrected chi connectivity index (χ0v) is 18.3. The quantitative estimate of drug-likeness (QED) is 0.459. The monoisotopic (exact) mass is 487 g/mol. The van der Waals surface area contributed by atoms with E-state index >= 15 is 0 Å². The standard InChI is InChI=1S/C22H16ClF2N5O4/c1-2-29(14-6-7-16-17(9-14)34-22(24,25)33-16)18(31)11-30-21(32)20-15(10-26-27-20)19(28-30)12-4-3-5-13(23)8-12/h3-10H,2,11H2,1H3,(H,26,27). The van der Waals surface area contributed by atoms with Crippen molar-refractivity contribution in [1.29, 1.82) is 0 Å². The number of nitrogens with one attached hydrogen (secondary N) is 1. The predicted octanol–water partition coefficient (Wildman–Crippen LogP) is 3.81. The van der Waals surface area contributed by atoms with Crippen LogP contribution in [0.2, 0.25) is 5.02 Å².